The number of carbonyl (C=O) groups is 1. The first-order chi connectivity index (χ1) is 11.6. The second kappa shape index (κ2) is 6.62. The van der Waals surface area contributed by atoms with Crippen LogP contribution in [0, 0.1) is 5.82 Å². The molecule has 0 aliphatic carbocycles. The van der Waals surface area contributed by atoms with Gasteiger partial charge in [0.2, 0.25) is 5.88 Å². The zero-order valence-corrected chi connectivity index (χ0v) is 13.2. The first-order valence-corrected chi connectivity index (χ1v) is 7.41. The molecule has 5 nitrogen and oxygen atoms in total. The Hall–Kier alpha value is -3.02. The molecule has 24 heavy (non-hydrogen) atoms. The summed E-state index contributed by atoms with van der Waals surface area (Å²) in [5.41, 5.74) is 1.59. The van der Waals surface area contributed by atoms with E-state index in [1.54, 1.807) is 30.3 Å². The zero-order valence-electron chi connectivity index (χ0n) is 13.2. The first kappa shape index (κ1) is 15.9. The lowest BCUT2D eigenvalue weighted by Crippen LogP contribution is -2.03. The monoisotopic (exact) mass is 326 g/mol. The Balaban J connectivity index is 2.19. The number of hydrogen-bond acceptors (Lipinski definition) is 5. The SMILES string of the molecule is CCOc1nc(-c2ccc(F)cc2)nc2cc(C(=O)OC)ccc12. The van der Waals surface area contributed by atoms with Crippen molar-refractivity contribution in [2.75, 3.05) is 13.7 Å². The van der Waals surface area contributed by atoms with Gasteiger partial charge in [-0.25, -0.2) is 14.2 Å². The molecule has 2 aromatic carbocycles. The van der Waals surface area contributed by atoms with Gasteiger partial charge in [-0.05, 0) is 49.4 Å². The van der Waals surface area contributed by atoms with Gasteiger partial charge in [-0.3, -0.25) is 0 Å². The minimum atomic E-state index is -0.447. The molecule has 0 saturated heterocycles. The van der Waals surface area contributed by atoms with Gasteiger partial charge >= 0.3 is 5.97 Å². The third-order valence-electron chi connectivity index (χ3n) is 3.47. The summed E-state index contributed by atoms with van der Waals surface area (Å²) in [5.74, 6) is 0.0283. The fourth-order valence-electron chi connectivity index (χ4n) is 2.32. The van der Waals surface area contributed by atoms with Crippen molar-refractivity contribution in [3.63, 3.8) is 0 Å². The Morgan fingerprint density at radius 3 is 2.54 bits per heavy atom. The number of nitrogens with zero attached hydrogens (tertiary/aromatic N) is 2. The number of benzene rings is 2. The molecule has 6 heteroatoms. The van der Waals surface area contributed by atoms with Crippen molar-refractivity contribution in [2.24, 2.45) is 0 Å². The molecule has 0 spiro atoms. The highest BCUT2D eigenvalue weighted by molar-refractivity contribution is 5.95. The van der Waals surface area contributed by atoms with E-state index >= 15 is 0 Å². The molecule has 3 aromatic rings. The largest absolute Gasteiger partial charge is 0.477 e. The average molecular weight is 326 g/mol. The summed E-state index contributed by atoms with van der Waals surface area (Å²) in [4.78, 5) is 20.6. The fourth-order valence-corrected chi connectivity index (χ4v) is 2.32. The van der Waals surface area contributed by atoms with Crippen molar-refractivity contribution in [3.8, 4) is 17.3 Å². The summed E-state index contributed by atoms with van der Waals surface area (Å²) in [7, 11) is 1.32. The predicted molar refractivity (Wildman–Crippen MR) is 87.4 cm³/mol. The fraction of sp³-hybridized carbons (Fsp3) is 0.167. The molecule has 0 aliphatic heterocycles. The highest BCUT2D eigenvalue weighted by atomic mass is 19.1. The summed E-state index contributed by atoms with van der Waals surface area (Å²) < 4.78 is 23.4. The van der Waals surface area contributed by atoms with Gasteiger partial charge in [0.1, 0.15) is 5.82 Å². The molecule has 1 aromatic heterocycles. The number of ether oxygens (including phenoxy) is 2. The van der Waals surface area contributed by atoms with Crippen molar-refractivity contribution in [2.45, 2.75) is 6.92 Å². The van der Waals surface area contributed by atoms with Crippen LogP contribution in [-0.2, 0) is 4.74 Å². The first-order valence-electron chi connectivity index (χ1n) is 7.41. The van der Waals surface area contributed by atoms with Crippen LogP contribution in [0.5, 0.6) is 5.88 Å². The van der Waals surface area contributed by atoms with E-state index in [1.807, 2.05) is 6.92 Å². The second-order valence-corrected chi connectivity index (χ2v) is 5.02. The number of carbonyl (C=O) groups excluding carboxylic acids is 1. The van der Waals surface area contributed by atoms with Gasteiger partial charge in [0.05, 0.1) is 30.2 Å². The van der Waals surface area contributed by atoms with E-state index in [1.165, 1.54) is 19.2 Å². The van der Waals surface area contributed by atoms with Crippen LogP contribution in [-0.4, -0.2) is 29.7 Å². The third-order valence-corrected chi connectivity index (χ3v) is 3.47. The van der Waals surface area contributed by atoms with E-state index in [0.29, 0.717) is 40.3 Å². The molecule has 0 aliphatic rings. The normalized spacial score (nSPS) is 10.6. The number of rotatable bonds is 4. The Morgan fingerprint density at radius 1 is 1.12 bits per heavy atom. The predicted octanol–water partition coefficient (Wildman–Crippen LogP) is 3.62. The number of esters is 1. The molecule has 1 heterocycles. The summed E-state index contributed by atoms with van der Waals surface area (Å²) in [6, 6.07) is 10.9. The molecular formula is C18H15FN2O3. The molecule has 0 unspecified atom stereocenters. The van der Waals surface area contributed by atoms with Gasteiger partial charge in [0.25, 0.3) is 0 Å². The maximum absolute atomic E-state index is 13.1. The van der Waals surface area contributed by atoms with Crippen LogP contribution >= 0.6 is 0 Å². The van der Waals surface area contributed by atoms with Crippen LogP contribution in [0.2, 0.25) is 0 Å². The van der Waals surface area contributed by atoms with Crippen molar-refractivity contribution in [1.82, 2.24) is 9.97 Å². The topological polar surface area (TPSA) is 61.3 Å². The Labute approximate surface area is 138 Å². The third kappa shape index (κ3) is 3.03. The Bertz CT molecular complexity index is 895. The van der Waals surface area contributed by atoms with Gasteiger partial charge in [-0.2, -0.15) is 4.98 Å². The van der Waals surface area contributed by atoms with Crippen molar-refractivity contribution in [3.05, 3.63) is 53.8 Å². The summed E-state index contributed by atoms with van der Waals surface area (Å²) >= 11 is 0. The minimum Gasteiger partial charge on any atom is -0.477 e. The number of methoxy groups -OCH3 is 1. The van der Waals surface area contributed by atoms with Gasteiger partial charge in [0, 0.05) is 5.56 Å². The highest BCUT2D eigenvalue weighted by Gasteiger charge is 2.13. The average Bonchev–Trinajstić information content (AvgIpc) is 2.61. The molecule has 3 rings (SSSR count). The minimum absolute atomic E-state index is 0.336. The maximum Gasteiger partial charge on any atom is 0.337 e. The van der Waals surface area contributed by atoms with E-state index in [2.05, 4.69) is 9.97 Å². The Morgan fingerprint density at radius 2 is 1.88 bits per heavy atom. The van der Waals surface area contributed by atoms with E-state index in [-0.39, 0.29) is 5.82 Å². The van der Waals surface area contributed by atoms with E-state index in [9.17, 15) is 9.18 Å². The lowest BCUT2D eigenvalue weighted by Gasteiger charge is -2.10. The summed E-state index contributed by atoms with van der Waals surface area (Å²) in [6.45, 7) is 2.29. The van der Waals surface area contributed by atoms with E-state index in [0.717, 1.165) is 0 Å². The van der Waals surface area contributed by atoms with Gasteiger partial charge in [0.15, 0.2) is 5.82 Å². The molecule has 0 radical (unpaired) electrons. The van der Waals surface area contributed by atoms with Crippen molar-refractivity contribution >= 4 is 16.9 Å². The quantitative estimate of drug-likeness (QED) is 0.685. The highest BCUT2D eigenvalue weighted by Crippen LogP contribution is 2.27. The smallest absolute Gasteiger partial charge is 0.337 e. The van der Waals surface area contributed by atoms with Crippen LogP contribution in [0.25, 0.3) is 22.3 Å². The van der Waals surface area contributed by atoms with Crippen molar-refractivity contribution in [1.29, 1.82) is 0 Å². The molecule has 0 saturated carbocycles. The van der Waals surface area contributed by atoms with Crippen LogP contribution in [0.1, 0.15) is 17.3 Å². The van der Waals surface area contributed by atoms with Crippen LogP contribution in [0.3, 0.4) is 0 Å². The van der Waals surface area contributed by atoms with Crippen LogP contribution in [0.15, 0.2) is 42.5 Å². The summed E-state index contributed by atoms with van der Waals surface area (Å²) in [5, 5.41) is 0.690. The van der Waals surface area contributed by atoms with Crippen LogP contribution in [0.4, 0.5) is 4.39 Å². The van der Waals surface area contributed by atoms with E-state index < -0.39 is 5.97 Å². The van der Waals surface area contributed by atoms with Crippen LogP contribution < -0.4 is 4.74 Å². The molecule has 0 atom stereocenters. The molecule has 0 amide bonds. The second-order valence-electron chi connectivity index (χ2n) is 5.02. The molecular weight excluding hydrogens is 311 g/mol. The number of hydrogen-bond donors (Lipinski definition) is 0. The lowest BCUT2D eigenvalue weighted by atomic mass is 10.1. The molecule has 0 fully saturated rings. The van der Waals surface area contributed by atoms with Gasteiger partial charge in [-0.15, -0.1) is 0 Å². The maximum atomic E-state index is 13.1. The summed E-state index contributed by atoms with van der Waals surface area (Å²) in [6.07, 6.45) is 0. The molecule has 122 valence electrons. The number of fused-ring (bicyclic) bond motifs is 1. The van der Waals surface area contributed by atoms with Gasteiger partial charge < -0.3 is 9.47 Å². The van der Waals surface area contributed by atoms with E-state index in [4.69, 9.17) is 9.47 Å². The van der Waals surface area contributed by atoms with Crippen molar-refractivity contribution < 1.29 is 18.7 Å². The molecule has 0 bridgehead atoms. The van der Waals surface area contributed by atoms with Gasteiger partial charge in [-0.1, -0.05) is 0 Å². The number of aromatic nitrogens is 2. The molecule has 0 N–H and O–H groups in total. The number of halogens is 1. The lowest BCUT2D eigenvalue weighted by molar-refractivity contribution is 0.0601. The standard InChI is InChI=1S/C18H15FN2O3/c1-3-24-17-14-9-6-12(18(22)23-2)10-15(14)20-16(21-17)11-4-7-13(19)8-5-11/h4-10H,3H2,1-2H3. The zero-order chi connectivity index (χ0) is 17.1. The Kier molecular flexibility index (Phi) is 4.37.